The van der Waals surface area contributed by atoms with Crippen molar-refractivity contribution < 1.29 is 8.42 Å². The number of aromatic nitrogens is 3. The first kappa shape index (κ1) is 18.2. The third-order valence-corrected chi connectivity index (χ3v) is 6.73. The monoisotopic (exact) mass is 405 g/mol. The van der Waals surface area contributed by atoms with Gasteiger partial charge in [0.15, 0.2) is 5.65 Å². The molecule has 0 bridgehead atoms. The van der Waals surface area contributed by atoms with Crippen molar-refractivity contribution in [2.75, 3.05) is 18.4 Å². The highest BCUT2D eigenvalue weighted by molar-refractivity contribution is 7.90. The Morgan fingerprint density at radius 2 is 1.96 bits per heavy atom. The van der Waals surface area contributed by atoms with Gasteiger partial charge in [-0.2, -0.15) is 0 Å². The van der Waals surface area contributed by atoms with Gasteiger partial charge >= 0.3 is 0 Å². The van der Waals surface area contributed by atoms with Crippen molar-refractivity contribution in [3.63, 3.8) is 0 Å². The number of benzene rings is 1. The van der Waals surface area contributed by atoms with Gasteiger partial charge in [0, 0.05) is 25.3 Å². The lowest BCUT2D eigenvalue weighted by molar-refractivity contribution is 0.345. The molecule has 7 nitrogen and oxygen atoms in total. The molecule has 3 aromatic rings. The van der Waals surface area contributed by atoms with E-state index in [4.69, 9.17) is 11.8 Å². The lowest BCUT2D eigenvalue weighted by Crippen LogP contribution is -2.37. The number of hydrogen-bond acceptors (Lipinski definition) is 6. The van der Waals surface area contributed by atoms with Crippen LogP contribution in [-0.4, -0.2) is 45.9 Å². The first-order valence-corrected chi connectivity index (χ1v) is 10.5. The second kappa shape index (κ2) is 7.10. The number of hydrogen-bond donors (Lipinski definition) is 1. The quantitative estimate of drug-likeness (QED) is 0.672. The highest BCUT2D eigenvalue weighted by atomic mass is 35.5. The van der Waals surface area contributed by atoms with E-state index in [1.54, 1.807) is 34.8 Å². The maximum absolute atomic E-state index is 13.0. The molecule has 9 heteroatoms. The Labute approximate surface area is 163 Å². The number of piperidine rings is 1. The number of fused-ring (bicyclic) bond motifs is 1. The van der Waals surface area contributed by atoms with E-state index in [-0.39, 0.29) is 10.9 Å². The largest absolute Gasteiger partial charge is 0.365 e. The molecule has 2 aromatic heterocycles. The first-order valence-electron chi connectivity index (χ1n) is 8.77. The molecule has 1 aromatic carbocycles. The van der Waals surface area contributed by atoms with Gasteiger partial charge in [-0.1, -0.05) is 17.7 Å². The topological polar surface area (TPSA) is 80.1 Å². The van der Waals surface area contributed by atoms with Gasteiger partial charge in [-0.25, -0.2) is 26.8 Å². The van der Waals surface area contributed by atoms with E-state index in [1.165, 1.54) is 16.5 Å². The molecule has 1 saturated heterocycles. The highest BCUT2D eigenvalue weighted by Gasteiger charge is 2.23. The SMILES string of the molecule is Cc1ccc(S(=O)(=O)n2ccc3c(N[C@H]4CCCN(Cl)C4)ncnc32)cc1. The summed E-state index contributed by atoms with van der Waals surface area (Å²) < 4.78 is 29.0. The van der Waals surface area contributed by atoms with Crippen LogP contribution in [0.25, 0.3) is 11.0 Å². The molecule has 0 aliphatic carbocycles. The molecule has 0 unspecified atom stereocenters. The molecule has 142 valence electrons. The minimum absolute atomic E-state index is 0.159. The standard InChI is InChI=1S/C18H20ClN5O2S/c1-13-4-6-15(7-5-13)27(25,26)24-10-8-16-17(20-12-21-18(16)24)22-14-3-2-9-23(19)11-14/h4-8,10,12,14H,2-3,9,11H2,1H3,(H,20,21,22)/t14-/m0/s1. The van der Waals surface area contributed by atoms with E-state index < -0.39 is 10.0 Å². The number of nitrogens with zero attached hydrogens (tertiary/aromatic N) is 4. The Bertz CT molecular complexity index is 1070. The minimum Gasteiger partial charge on any atom is -0.365 e. The van der Waals surface area contributed by atoms with Crippen LogP contribution in [0.15, 0.2) is 47.8 Å². The molecular formula is C18H20ClN5O2S. The van der Waals surface area contributed by atoms with E-state index >= 15 is 0 Å². The summed E-state index contributed by atoms with van der Waals surface area (Å²) in [5.74, 6) is 0.620. The van der Waals surface area contributed by atoms with Crippen LogP contribution in [0, 0.1) is 6.92 Å². The molecule has 1 N–H and O–H groups in total. The van der Waals surface area contributed by atoms with Gasteiger partial charge < -0.3 is 5.32 Å². The lowest BCUT2D eigenvalue weighted by Gasteiger charge is -2.28. The van der Waals surface area contributed by atoms with Gasteiger partial charge in [-0.15, -0.1) is 0 Å². The van der Waals surface area contributed by atoms with Crippen LogP contribution in [0.1, 0.15) is 18.4 Å². The number of nitrogens with one attached hydrogen (secondary N) is 1. The zero-order valence-electron chi connectivity index (χ0n) is 14.8. The third kappa shape index (κ3) is 3.52. The van der Waals surface area contributed by atoms with Crippen molar-refractivity contribution in [1.82, 2.24) is 18.4 Å². The van der Waals surface area contributed by atoms with Crippen LogP contribution in [-0.2, 0) is 10.0 Å². The lowest BCUT2D eigenvalue weighted by atomic mass is 10.1. The van der Waals surface area contributed by atoms with Crippen molar-refractivity contribution in [2.45, 2.75) is 30.7 Å². The van der Waals surface area contributed by atoms with Crippen molar-refractivity contribution >= 4 is 38.7 Å². The molecule has 0 saturated carbocycles. The predicted octanol–water partition coefficient (Wildman–Crippen LogP) is 3.01. The molecule has 1 aliphatic rings. The Kier molecular flexibility index (Phi) is 4.79. The molecule has 1 fully saturated rings. The summed E-state index contributed by atoms with van der Waals surface area (Å²) in [6.45, 7) is 3.49. The summed E-state index contributed by atoms with van der Waals surface area (Å²) in [5.41, 5.74) is 1.35. The zero-order valence-corrected chi connectivity index (χ0v) is 16.4. The van der Waals surface area contributed by atoms with Crippen molar-refractivity contribution in [3.8, 4) is 0 Å². The average molecular weight is 406 g/mol. The van der Waals surface area contributed by atoms with Crippen LogP contribution >= 0.6 is 11.8 Å². The van der Waals surface area contributed by atoms with Crippen LogP contribution in [0.3, 0.4) is 0 Å². The van der Waals surface area contributed by atoms with E-state index in [2.05, 4.69) is 15.3 Å². The van der Waals surface area contributed by atoms with Gasteiger partial charge in [0.1, 0.15) is 12.1 Å². The fourth-order valence-corrected chi connectivity index (χ4v) is 4.89. The van der Waals surface area contributed by atoms with E-state index in [0.717, 1.165) is 24.9 Å². The van der Waals surface area contributed by atoms with Gasteiger partial charge in [0.05, 0.1) is 10.3 Å². The summed E-state index contributed by atoms with van der Waals surface area (Å²) in [7, 11) is -3.73. The summed E-state index contributed by atoms with van der Waals surface area (Å²) in [6.07, 6.45) is 4.89. The smallest absolute Gasteiger partial charge is 0.269 e. The average Bonchev–Trinajstić information content (AvgIpc) is 3.08. The zero-order chi connectivity index (χ0) is 19.0. The van der Waals surface area contributed by atoms with Crippen LogP contribution < -0.4 is 5.32 Å². The van der Waals surface area contributed by atoms with Gasteiger partial charge in [-0.3, -0.25) is 0 Å². The van der Waals surface area contributed by atoms with Crippen LogP contribution in [0.2, 0.25) is 0 Å². The maximum atomic E-state index is 13.0. The summed E-state index contributed by atoms with van der Waals surface area (Å²) >= 11 is 6.12. The van der Waals surface area contributed by atoms with Crippen LogP contribution in [0.5, 0.6) is 0 Å². The summed E-state index contributed by atoms with van der Waals surface area (Å²) in [4.78, 5) is 8.75. The first-order chi connectivity index (χ1) is 12.9. The third-order valence-electron chi connectivity index (χ3n) is 4.74. The van der Waals surface area contributed by atoms with Crippen LogP contribution in [0.4, 0.5) is 5.82 Å². The van der Waals surface area contributed by atoms with E-state index in [1.807, 2.05) is 6.92 Å². The second-order valence-electron chi connectivity index (χ2n) is 6.74. The fraction of sp³-hybridized carbons (Fsp3) is 0.333. The predicted molar refractivity (Wildman–Crippen MR) is 105 cm³/mol. The summed E-state index contributed by atoms with van der Waals surface area (Å²) in [6, 6.07) is 8.65. The van der Waals surface area contributed by atoms with Crippen molar-refractivity contribution in [2.24, 2.45) is 0 Å². The molecule has 0 amide bonds. The van der Waals surface area contributed by atoms with E-state index in [9.17, 15) is 8.42 Å². The molecule has 0 radical (unpaired) electrons. The molecule has 1 aliphatic heterocycles. The van der Waals surface area contributed by atoms with Gasteiger partial charge in [0.2, 0.25) is 0 Å². The maximum Gasteiger partial charge on any atom is 0.269 e. The van der Waals surface area contributed by atoms with Gasteiger partial charge in [-0.05, 0) is 49.7 Å². The Hall–Kier alpha value is -2.16. The Balaban J connectivity index is 1.71. The molecular weight excluding hydrogens is 386 g/mol. The fourth-order valence-electron chi connectivity index (χ4n) is 3.30. The Morgan fingerprint density at radius 3 is 2.70 bits per heavy atom. The molecule has 3 heterocycles. The summed E-state index contributed by atoms with van der Waals surface area (Å²) in [5, 5.41) is 4.05. The highest BCUT2D eigenvalue weighted by Crippen LogP contribution is 2.26. The molecule has 0 spiro atoms. The van der Waals surface area contributed by atoms with Crippen molar-refractivity contribution in [1.29, 1.82) is 0 Å². The molecule has 4 rings (SSSR count). The molecule has 27 heavy (non-hydrogen) atoms. The normalized spacial score (nSPS) is 18.7. The number of anilines is 1. The number of aryl methyl sites for hydroxylation is 1. The Morgan fingerprint density at radius 1 is 1.19 bits per heavy atom. The minimum atomic E-state index is -3.73. The van der Waals surface area contributed by atoms with Gasteiger partial charge in [0.25, 0.3) is 10.0 Å². The number of halogens is 1. The van der Waals surface area contributed by atoms with E-state index in [0.29, 0.717) is 23.4 Å². The van der Waals surface area contributed by atoms with Crippen molar-refractivity contribution in [3.05, 3.63) is 48.4 Å². The number of rotatable bonds is 4. The second-order valence-corrected chi connectivity index (χ2v) is 9.03. The molecule has 1 atom stereocenters.